The van der Waals surface area contributed by atoms with Gasteiger partial charge in [0, 0.05) is 24.2 Å². The third kappa shape index (κ3) is 4.40. The number of hydrogen-bond acceptors (Lipinski definition) is 4. The molecule has 2 aromatic carbocycles. The molecule has 1 N–H and O–H groups in total. The van der Waals surface area contributed by atoms with E-state index in [4.69, 9.17) is 0 Å². The van der Waals surface area contributed by atoms with Crippen LogP contribution in [0.2, 0.25) is 0 Å². The van der Waals surface area contributed by atoms with Crippen molar-refractivity contribution in [2.75, 3.05) is 0 Å². The molecule has 0 bridgehead atoms. The molecule has 7 heteroatoms. The van der Waals surface area contributed by atoms with Crippen molar-refractivity contribution in [3.63, 3.8) is 0 Å². The lowest BCUT2D eigenvalue weighted by Gasteiger charge is -2.20. The Morgan fingerprint density at radius 1 is 1.00 bits per heavy atom. The van der Waals surface area contributed by atoms with E-state index in [1.807, 2.05) is 50.2 Å². The Bertz CT molecular complexity index is 1310. The monoisotopic (exact) mass is 451 g/mol. The normalized spacial score (nSPS) is 13.7. The van der Waals surface area contributed by atoms with Gasteiger partial charge >= 0.3 is 0 Å². The average Bonchev–Trinajstić information content (AvgIpc) is 2.79. The molecule has 0 amide bonds. The van der Waals surface area contributed by atoms with Gasteiger partial charge in [0.2, 0.25) is 10.0 Å². The number of nitrogens with zero attached hydrogens (tertiary/aromatic N) is 2. The van der Waals surface area contributed by atoms with E-state index in [-0.39, 0.29) is 17.0 Å². The van der Waals surface area contributed by atoms with Crippen LogP contribution in [0.15, 0.2) is 52.2 Å². The second kappa shape index (κ2) is 9.00. The van der Waals surface area contributed by atoms with Crippen molar-refractivity contribution in [3.8, 4) is 11.3 Å². The molecule has 1 heterocycles. The Hall–Kier alpha value is -2.77. The van der Waals surface area contributed by atoms with Gasteiger partial charge in [-0.05, 0) is 69.2 Å². The summed E-state index contributed by atoms with van der Waals surface area (Å²) in [6, 6.07) is 13.2. The molecule has 0 unspecified atom stereocenters. The minimum absolute atomic E-state index is 0.0225. The molecule has 32 heavy (non-hydrogen) atoms. The van der Waals surface area contributed by atoms with Gasteiger partial charge in [0.05, 0.1) is 10.6 Å². The van der Waals surface area contributed by atoms with Gasteiger partial charge in [0.25, 0.3) is 5.56 Å². The predicted octanol–water partition coefficient (Wildman–Crippen LogP) is 3.90. The molecular weight excluding hydrogens is 422 g/mol. The van der Waals surface area contributed by atoms with Gasteiger partial charge < -0.3 is 0 Å². The van der Waals surface area contributed by atoms with E-state index in [1.165, 1.54) is 4.68 Å². The van der Waals surface area contributed by atoms with Crippen LogP contribution in [0.4, 0.5) is 0 Å². The SMILES string of the molecule is CCn1nc(-c2ccc(C)c(S(=O)(=O)NCc3ccc(C)cc3)c2)c2c(c1=O)CCCC2. The summed E-state index contributed by atoms with van der Waals surface area (Å²) in [5, 5.41) is 4.62. The number of aromatic nitrogens is 2. The summed E-state index contributed by atoms with van der Waals surface area (Å²) in [6.07, 6.45) is 3.54. The van der Waals surface area contributed by atoms with E-state index in [9.17, 15) is 13.2 Å². The number of aryl methyl sites for hydroxylation is 3. The molecule has 0 saturated carbocycles. The topological polar surface area (TPSA) is 81.1 Å². The van der Waals surface area contributed by atoms with E-state index in [0.717, 1.165) is 59.2 Å². The minimum atomic E-state index is -3.72. The van der Waals surface area contributed by atoms with E-state index in [1.54, 1.807) is 13.0 Å². The van der Waals surface area contributed by atoms with Crippen LogP contribution in [0.3, 0.4) is 0 Å². The fraction of sp³-hybridized carbons (Fsp3) is 0.360. The lowest BCUT2D eigenvalue weighted by Crippen LogP contribution is -2.30. The molecule has 0 aliphatic heterocycles. The molecule has 0 fully saturated rings. The zero-order valence-corrected chi connectivity index (χ0v) is 19.6. The average molecular weight is 452 g/mol. The first-order valence-electron chi connectivity index (χ1n) is 11.1. The first-order valence-corrected chi connectivity index (χ1v) is 12.6. The van der Waals surface area contributed by atoms with Crippen molar-refractivity contribution in [1.82, 2.24) is 14.5 Å². The molecule has 6 nitrogen and oxygen atoms in total. The van der Waals surface area contributed by atoms with Crippen molar-refractivity contribution in [2.24, 2.45) is 0 Å². The third-order valence-electron chi connectivity index (χ3n) is 6.10. The Morgan fingerprint density at radius 3 is 2.38 bits per heavy atom. The second-order valence-corrected chi connectivity index (χ2v) is 10.2. The number of rotatable bonds is 6. The summed E-state index contributed by atoms with van der Waals surface area (Å²) in [7, 11) is -3.72. The number of nitrogens with one attached hydrogen (secondary N) is 1. The zero-order chi connectivity index (χ0) is 22.9. The van der Waals surface area contributed by atoms with E-state index >= 15 is 0 Å². The molecule has 1 aliphatic carbocycles. The maximum absolute atomic E-state index is 13.2. The van der Waals surface area contributed by atoms with Crippen LogP contribution < -0.4 is 10.3 Å². The number of benzene rings is 2. The summed E-state index contributed by atoms with van der Waals surface area (Å²) in [5.41, 5.74) is 5.91. The summed E-state index contributed by atoms with van der Waals surface area (Å²) < 4.78 is 30.5. The maximum atomic E-state index is 13.2. The summed E-state index contributed by atoms with van der Waals surface area (Å²) >= 11 is 0. The van der Waals surface area contributed by atoms with Crippen LogP contribution in [0.5, 0.6) is 0 Å². The largest absolute Gasteiger partial charge is 0.270 e. The molecule has 168 valence electrons. The first-order chi connectivity index (χ1) is 15.3. The lowest BCUT2D eigenvalue weighted by molar-refractivity contribution is 0.579. The van der Waals surface area contributed by atoms with Crippen LogP contribution >= 0.6 is 0 Å². The van der Waals surface area contributed by atoms with Crippen LogP contribution in [0.25, 0.3) is 11.3 Å². The molecule has 0 saturated heterocycles. The van der Waals surface area contributed by atoms with Gasteiger partial charge in [-0.3, -0.25) is 4.79 Å². The molecule has 3 aromatic rings. The number of hydrogen-bond donors (Lipinski definition) is 1. The highest BCUT2D eigenvalue weighted by Crippen LogP contribution is 2.30. The quantitative estimate of drug-likeness (QED) is 0.616. The Balaban J connectivity index is 1.73. The van der Waals surface area contributed by atoms with E-state index < -0.39 is 10.0 Å². The summed E-state index contributed by atoms with van der Waals surface area (Å²) in [5.74, 6) is 0. The third-order valence-corrected chi connectivity index (χ3v) is 7.65. The zero-order valence-electron chi connectivity index (χ0n) is 18.8. The Kier molecular flexibility index (Phi) is 6.31. The highest BCUT2D eigenvalue weighted by Gasteiger charge is 2.23. The van der Waals surface area contributed by atoms with Crippen molar-refractivity contribution < 1.29 is 8.42 Å². The van der Waals surface area contributed by atoms with Gasteiger partial charge in [-0.25, -0.2) is 17.8 Å². The summed E-state index contributed by atoms with van der Waals surface area (Å²) in [6.45, 7) is 6.39. The lowest BCUT2D eigenvalue weighted by atomic mass is 9.89. The van der Waals surface area contributed by atoms with Crippen LogP contribution in [0.1, 0.15) is 47.6 Å². The second-order valence-electron chi connectivity index (χ2n) is 8.42. The highest BCUT2D eigenvalue weighted by molar-refractivity contribution is 7.89. The van der Waals surface area contributed by atoms with Crippen molar-refractivity contribution >= 4 is 10.0 Å². The van der Waals surface area contributed by atoms with Gasteiger partial charge in [0.1, 0.15) is 0 Å². The predicted molar refractivity (Wildman–Crippen MR) is 126 cm³/mol. The van der Waals surface area contributed by atoms with Gasteiger partial charge in [-0.2, -0.15) is 5.10 Å². The molecule has 0 spiro atoms. The van der Waals surface area contributed by atoms with Gasteiger partial charge in [-0.15, -0.1) is 0 Å². The number of sulfonamides is 1. The Morgan fingerprint density at radius 2 is 1.69 bits per heavy atom. The fourth-order valence-corrected chi connectivity index (χ4v) is 5.52. The van der Waals surface area contributed by atoms with Crippen molar-refractivity contribution in [3.05, 3.63) is 80.6 Å². The Labute approximate surface area is 189 Å². The van der Waals surface area contributed by atoms with Crippen LogP contribution in [-0.2, 0) is 36.0 Å². The van der Waals surface area contributed by atoms with Gasteiger partial charge in [-0.1, -0.05) is 42.0 Å². The summed E-state index contributed by atoms with van der Waals surface area (Å²) in [4.78, 5) is 13.0. The van der Waals surface area contributed by atoms with Crippen molar-refractivity contribution in [2.45, 2.75) is 64.4 Å². The molecule has 4 rings (SSSR count). The fourth-order valence-electron chi connectivity index (χ4n) is 4.23. The molecule has 0 atom stereocenters. The number of fused-ring (bicyclic) bond motifs is 1. The molecular formula is C25H29N3O3S. The molecule has 1 aliphatic rings. The van der Waals surface area contributed by atoms with Crippen molar-refractivity contribution in [1.29, 1.82) is 0 Å². The van der Waals surface area contributed by atoms with Gasteiger partial charge in [0.15, 0.2) is 0 Å². The van der Waals surface area contributed by atoms with Crippen LogP contribution in [-0.4, -0.2) is 18.2 Å². The standard InChI is InChI=1S/C25H29N3O3S/c1-4-28-25(29)22-8-6-5-7-21(22)24(27-28)20-14-11-18(3)23(15-20)32(30,31)26-16-19-12-9-17(2)10-13-19/h9-15,26H,4-8,16H2,1-3H3. The van der Waals surface area contributed by atoms with E-state index in [2.05, 4.69) is 9.82 Å². The smallest absolute Gasteiger partial charge is 0.267 e. The highest BCUT2D eigenvalue weighted by atomic mass is 32.2. The van der Waals surface area contributed by atoms with E-state index in [0.29, 0.717) is 12.1 Å². The first kappa shape index (κ1) is 22.4. The molecule has 1 aromatic heterocycles. The maximum Gasteiger partial charge on any atom is 0.270 e. The molecule has 0 radical (unpaired) electrons. The minimum Gasteiger partial charge on any atom is -0.267 e. The van der Waals surface area contributed by atoms with Crippen LogP contribution in [0, 0.1) is 13.8 Å².